The molecule has 0 aromatic carbocycles. The number of hydrogen-bond acceptors (Lipinski definition) is 12. The zero-order chi connectivity index (χ0) is 36.8. The summed E-state index contributed by atoms with van der Waals surface area (Å²) >= 11 is 0. The quantitative estimate of drug-likeness (QED) is 0.137. The van der Waals surface area contributed by atoms with Gasteiger partial charge in [-0.05, 0) is 50.1 Å². The Bertz CT molecular complexity index is 2130. The van der Waals surface area contributed by atoms with Crippen LogP contribution in [0.25, 0.3) is 11.2 Å². The van der Waals surface area contributed by atoms with E-state index in [0.29, 0.717) is 19.4 Å². The Morgan fingerprint density at radius 3 is 2.12 bits per heavy atom. The summed E-state index contributed by atoms with van der Waals surface area (Å²) in [5.41, 5.74) is -0.751. The molecule has 3 atom stereocenters. The van der Waals surface area contributed by atoms with Crippen molar-refractivity contribution >= 4 is 27.8 Å². The molecule has 0 spiro atoms. The molecule has 5 heterocycles. The first-order valence-electron chi connectivity index (χ1n) is 16.8. The van der Waals surface area contributed by atoms with E-state index in [2.05, 4.69) is 82.7 Å². The van der Waals surface area contributed by atoms with Crippen LogP contribution in [-0.4, -0.2) is 53.5 Å². The van der Waals surface area contributed by atoms with Crippen LogP contribution in [0.2, 0.25) is 36.3 Å². The van der Waals surface area contributed by atoms with Crippen molar-refractivity contribution in [3.63, 3.8) is 0 Å². The van der Waals surface area contributed by atoms with Gasteiger partial charge in [0, 0.05) is 12.8 Å². The molecule has 2 fully saturated rings. The molecule has 17 heteroatoms. The van der Waals surface area contributed by atoms with E-state index in [9.17, 15) is 9.59 Å². The first-order valence-corrected chi connectivity index (χ1v) is 22.6. The number of aromatic nitrogens is 4. The summed E-state index contributed by atoms with van der Waals surface area (Å²) in [6.07, 6.45) is 1.25. The molecule has 1 aliphatic carbocycles. The topological polar surface area (TPSA) is 162 Å². The predicted molar refractivity (Wildman–Crippen MR) is 184 cm³/mol. The molecule has 1 aliphatic heterocycles. The van der Waals surface area contributed by atoms with Crippen molar-refractivity contribution in [3.05, 3.63) is 62.2 Å². The predicted octanol–water partition coefficient (Wildman–Crippen LogP) is 6.07. The summed E-state index contributed by atoms with van der Waals surface area (Å²) in [6.45, 7) is 25.2. The van der Waals surface area contributed by atoms with Gasteiger partial charge in [0.15, 0.2) is 44.8 Å². The lowest BCUT2D eigenvalue weighted by Gasteiger charge is -2.40. The highest BCUT2D eigenvalue weighted by atomic mass is 28.4. The molecule has 2 aliphatic rings. The van der Waals surface area contributed by atoms with E-state index in [4.69, 9.17) is 31.3 Å². The average molecular weight is 734 g/mol. The Balaban J connectivity index is 1.43. The SMILES string of the molecule is Cc1oc(=O)oc1CN=c1c2ncn([C@H]3CC4(O[Si](C)(C)C(C)(C)C)C[C@]4(CO[Si](C)(C)C(C)(C)C)O3)c2nc(F)n1Cc1oc(=O)oc1C. The molecule has 0 radical (unpaired) electrons. The maximum atomic E-state index is 16.1. The van der Waals surface area contributed by atoms with Crippen LogP contribution >= 0.6 is 0 Å². The van der Waals surface area contributed by atoms with E-state index >= 15 is 4.39 Å². The minimum atomic E-state index is -2.26. The van der Waals surface area contributed by atoms with Crippen molar-refractivity contribution < 1.29 is 35.6 Å². The van der Waals surface area contributed by atoms with Crippen molar-refractivity contribution in [2.45, 2.75) is 135 Å². The number of aryl methyl sites for hydroxylation is 2. The lowest BCUT2D eigenvalue weighted by atomic mass is 10.2. The van der Waals surface area contributed by atoms with Crippen LogP contribution in [0.15, 0.2) is 38.6 Å². The summed E-state index contributed by atoms with van der Waals surface area (Å²) < 4.78 is 60.1. The lowest BCUT2D eigenvalue weighted by Crippen LogP contribution is -2.48. The van der Waals surface area contributed by atoms with Crippen molar-refractivity contribution in [1.29, 1.82) is 0 Å². The number of nitrogens with zero attached hydrogens (tertiary/aromatic N) is 5. The van der Waals surface area contributed by atoms with Crippen LogP contribution in [0, 0.1) is 19.9 Å². The van der Waals surface area contributed by atoms with E-state index < -0.39 is 51.8 Å². The maximum Gasteiger partial charge on any atom is 0.519 e. The van der Waals surface area contributed by atoms with Crippen molar-refractivity contribution in [2.24, 2.45) is 4.99 Å². The normalized spacial score (nSPS) is 23.3. The monoisotopic (exact) mass is 733 g/mol. The Kier molecular flexibility index (Phi) is 8.61. The van der Waals surface area contributed by atoms with Gasteiger partial charge in [-0.1, -0.05) is 41.5 Å². The highest BCUT2D eigenvalue weighted by Gasteiger charge is 2.77. The molecule has 6 rings (SSSR count). The molecule has 4 aromatic rings. The fraction of sp³-hybridized carbons (Fsp3) is 0.667. The Labute approximate surface area is 290 Å². The third kappa shape index (κ3) is 6.24. The Hall–Kier alpha value is -3.39. The van der Waals surface area contributed by atoms with Crippen molar-refractivity contribution in [2.75, 3.05) is 6.61 Å². The summed E-state index contributed by atoms with van der Waals surface area (Å²) in [6, 6.07) is 0. The van der Waals surface area contributed by atoms with E-state index in [1.54, 1.807) is 17.8 Å². The van der Waals surface area contributed by atoms with E-state index in [1.807, 2.05) is 0 Å². The minimum absolute atomic E-state index is 0.00578. The van der Waals surface area contributed by atoms with Gasteiger partial charge in [0.05, 0.1) is 25.1 Å². The molecule has 1 unspecified atom stereocenters. The number of imidazole rings is 1. The smallest absolute Gasteiger partial charge is 0.414 e. The van der Waals surface area contributed by atoms with Gasteiger partial charge in [0.1, 0.15) is 29.9 Å². The molecule has 50 heavy (non-hydrogen) atoms. The zero-order valence-electron chi connectivity index (χ0n) is 31.0. The third-order valence-electron chi connectivity index (χ3n) is 11.2. The third-order valence-corrected chi connectivity index (χ3v) is 20.2. The van der Waals surface area contributed by atoms with Crippen LogP contribution in [0.5, 0.6) is 0 Å². The van der Waals surface area contributed by atoms with Gasteiger partial charge >= 0.3 is 11.6 Å². The molecule has 0 N–H and O–H groups in total. The van der Waals surface area contributed by atoms with Crippen LogP contribution in [-0.2, 0) is 26.7 Å². The maximum absolute atomic E-state index is 16.1. The molecule has 4 aromatic heterocycles. The van der Waals surface area contributed by atoms with E-state index in [1.165, 1.54) is 6.92 Å². The highest BCUT2D eigenvalue weighted by Crippen LogP contribution is 2.67. The first kappa shape index (κ1) is 36.4. The molecular weight excluding hydrogens is 686 g/mol. The second-order valence-electron chi connectivity index (χ2n) is 16.7. The van der Waals surface area contributed by atoms with Gasteiger partial charge in [-0.25, -0.2) is 14.6 Å². The number of ether oxygens (including phenoxy) is 1. The number of hydrogen-bond donors (Lipinski definition) is 0. The van der Waals surface area contributed by atoms with Gasteiger partial charge in [0.25, 0.3) is 6.08 Å². The molecule has 1 saturated heterocycles. The number of fused-ring (bicyclic) bond motifs is 2. The van der Waals surface area contributed by atoms with Crippen molar-refractivity contribution in [1.82, 2.24) is 19.1 Å². The zero-order valence-corrected chi connectivity index (χ0v) is 33.0. The van der Waals surface area contributed by atoms with Gasteiger partial charge in [0.2, 0.25) is 0 Å². The highest BCUT2D eigenvalue weighted by molar-refractivity contribution is 6.74. The summed E-state index contributed by atoms with van der Waals surface area (Å²) in [5, 5.41) is -0.0321. The average Bonchev–Trinajstić information content (AvgIpc) is 3.41. The fourth-order valence-corrected chi connectivity index (χ4v) is 8.58. The van der Waals surface area contributed by atoms with E-state index in [-0.39, 0.29) is 62.9 Å². The number of halogens is 1. The first-order chi connectivity index (χ1) is 23.0. The van der Waals surface area contributed by atoms with Gasteiger partial charge in [-0.15, -0.1) is 0 Å². The molecule has 274 valence electrons. The molecule has 0 bridgehead atoms. The Morgan fingerprint density at radius 1 is 0.960 bits per heavy atom. The van der Waals surface area contributed by atoms with Crippen LogP contribution in [0.4, 0.5) is 4.39 Å². The second-order valence-corrected chi connectivity index (χ2v) is 26.2. The summed E-state index contributed by atoms with van der Waals surface area (Å²) in [4.78, 5) is 37.1. The number of rotatable bonds is 10. The molecule has 1 saturated carbocycles. The molecular formula is C33H48FN5O9Si2. The van der Waals surface area contributed by atoms with Crippen LogP contribution in [0.3, 0.4) is 0 Å². The van der Waals surface area contributed by atoms with Gasteiger partial charge < -0.3 is 31.3 Å². The Morgan fingerprint density at radius 2 is 1.56 bits per heavy atom. The van der Waals surface area contributed by atoms with Crippen LogP contribution in [0.1, 0.15) is 83.7 Å². The van der Waals surface area contributed by atoms with Gasteiger partial charge in [-0.3, -0.25) is 14.1 Å². The summed E-state index contributed by atoms with van der Waals surface area (Å²) in [7, 11) is -4.40. The largest absolute Gasteiger partial charge is 0.519 e. The summed E-state index contributed by atoms with van der Waals surface area (Å²) in [5.74, 6) is -1.09. The van der Waals surface area contributed by atoms with E-state index in [0.717, 1.165) is 4.57 Å². The van der Waals surface area contributed by atoms with Crippen molar-refractivity contribution in [3.8, 4) is 0 Å². The fourth-order valence-electron chi connectivity index (χ4n) is 5.93. The van der Waals surface area contributed by atoms with Gasteiger partial charge in [-0.2, -0.15) is 9.37 Å². The van der Waals surface area contributed by atoms with Crippen LogP contribution < -0.4 is 17.1 Å². The molecule has 14 nitrogen and oxygen atoms in total. The molecule has 0 amide bonds. The minimum Gasteiger partial charge on any atom is -0.414 e. The standard InChI is InChI=1S/C33H48FN5O9Si2/c1-19-21(45-28(40)43-19)14-35-25-24-26(37-27(34)38(25)15-22-20(2)44-29(41)46-22)39(18-36-24)23-13-32(48-50(11,12)31(6,7)8)16-33(32,47-23)17-42-49(9,10)30(3,4)5/h18,23H,13-17H2,1-12H3/t23-,32?,33-/m1/s1. The second kappa shape index (κ2) is 11.8. The lowest BCUT2D eigenvalue weighted by molar-refractivity contribution is -0.0608.